The fourth-order valence-corrected chi connectivity index (χ4v) is 4.50. The maximum absolute atomic E-state index is 12.4. The first kappa shape index (κ1) is 22.3. The minimum Gasteiger partial charge on any atom is -0.379 e. The van der Waals surface area contributed by atoms with Crippen LogP contribution in [0.15, 0.2) is 88.7 Å². The molecule has 0 aromatic heterocycles. The lowest BCUT2D eigenvalue weighted by atomic mass is 10.1. The number of amides is 2. The molecule has 0 aliphatic heterocycles. The number of anilines is 1. The van der Waals surface area contributed by atoms with E-state index < -0.39 is 26.2 Å². The van der Waals surface area contributed by atoms with Crippen LogP contribution in [0.25, 0.3) is 0 Å². The number of sulfonamides is 1. The lowest BCUT2D eigenvalue weighted by molar-refractivity contribution is 0.256. The van der Waals surface area contributed by atoms with Gasteiger partial charge >= 0.3 is 16.1 Å². The van der Waals surface area contributed by atoms with E-state index in [1.807, 2.05) is 11.6 Å². The molecule has 31 heavy (non-hydrogen) atoms. The highest BCUT2D eigenvalue weighted by atomic mass is 32.2. The first-order valence-corrected chi connectivity index (χ1v) is 12.0. The van der Waals surface area contributed by atoms with Crippen LogP contribution in [0.4, 0.5) is 10.5 Å². The van der Waals surface area contributed by atoms with Crippen molar-refractivity contribution in [3.63, 3.8) is 0 Å². The average molecular weight is 461 g/mol. The zero-order chi connectivity index (χ0) is 22.6. The fourth-order valence-electron chi connectivity index (χ4n) is 2.61. The minimum absolute atomic E-state index is 0.0169. The Hall–Kier alpha value is -3.37. The van der Waals surface area contributed by atoms with Crippen LogP contribution in [-0.4, -0.2) is 22.9 Å². The molecule has 0 atom stereocenters. The van der Waals surface area contributed by atoms with Crippen LogP contribution in [0.1, 0.15) is 12.0 Å². The summed E-state index contributed by atoms with van der Waals surface area (Å²) in [5, 5.41) is 2.35. The van der Waals surface area contributed by atoms with E-state index in [2.05, 4.69) is 11.9 Å². The number of carbonyl (C=O) groups is 1. The predicted molar refractivity (Wildman–Crippen MR) is 117 cm³/mol. The number of allylic oxidation sites excluding steroid dienone is 4. The SMILES string of the molecule is C=C1C=CC(S(=O)(=O)NC(=O)Nc2cccc(OS(=O)(=O)c3ccc(C)cc3)c2)=CC1. The highest BCUT2D eigenvalue weighted by molar-refractivity contribution is 7.94. The van der Waals surface area contributed by atoms with Crippen LogP contribution >= 0.6 is 0 Å². The van der Waals surface area contributed by atoms with E-state index >= 15 is 0 Å². The molecule has 2 amide bonds. The Morgan fingerprint density at radius 1 is 1.03 bits per heavy atom. The molecule has 2 aromatic rings. The normalized spacial score (nSPS) is 14.0. The Labute approximate surface area is 181 Å². The maximum atomic E-state index is 12.4. The zero-order valence-electron chi connectivity index (χ0n) is 16.5. The van der Waals surface area contributed by atoms with Crippen molar-refractivity contribution >= 4 is 31.9 Å². The molecule has 0 unspecified atom stereocenters. The fraction of sp³-hybridized carbons (Fsp3) is 0.0952. The molecule has 3 rings (SSSR count). The molecule has 0 saturated carbocycles. The third-order valence-electron chi connectivity index (χ3n) is 4.19. The van der Waals surface area contributed by atoms with Gasteiger partial charge in [-0.05, 0) is 43.7 Å². The van der Waals surface area contributed by atoms with Crippen LogP contribution in [0, 0.1) is 6.92 Å². The van der Waals surface area contributed by atoms with E-state index in [4.69, 9.17) is 4.18 Å². The number of hydrogen-bond acceptors (Lipinski definition) is 6. The number of carbonyl (C=O) groups excluding carboxylic acids is 1. The molecule has 162 valence electrons. The summed E-state index contributed by atoms with van der Waals surface area (Å²) in [5.74, 6) is -0.0438. The second-order valence-corrected chi connectivity index (χ2v) is 9.97. The summed E-state index contributed by atoms with van der Waals surface area (Å²) in [4.78, 5) is 12.1. The summed E-state index contributed by atoms with van der Waals surface area (Å²) >= 11 is 0. The number of urea groups is 1. The minimum atomic E-state index is -4.07. The Kier molecular flexibility index (Phi) is 6.32. The molecule has 0 fully saturated rings. The van der Waals surface area contributed by atoms with E-state index in [0.717, 1.165) is 11.1 Å². The van der Waals surface area contributed by atoms with E-state index in [-0.39, 0.29) is 21.2 Å². The molecular weight excluding hydrogens is 440 g/mol. The van der Waals surface area contributed by atoms with Gasteiger partial charge in [-0.1, -0.05) is 48.1 Å². The van der Waals surface area contributed by atoms with Crippen molar-refractivity contribution in [3.05, 3.63) is 89.4 Å². The molecular formula is C21H20N2O6S2. The van der Waals surface area contributed by atoms with Gasteiger partial charge in [-0.3, -0.25) is 0 Å². The van der Waals surface area contributed by atoms with Gasteiger partial charge in [0.15, 0.2) is 0 Å². The van der Waals surface area contributed by atoms with Crippen LogP contribution in [0.3, 0.4) is 0 Å². The van der Waals surface area contributed by atoms with Crippen molar-refractivity contribution in [2.45, 2.75) is 18.2 Å². The lowest BCUT2D eigenvalue weighted by Crippen LogP contribution is -2.35. The van der Waals surface area contributed by atoms with E-state index in [1.165, 1.54) is 48.6 Å². The van der Waals surface area contributed by atoms with Crippen LogP contribution in [0.2, 0.25) is 0 Å². The topological polar surface area (TPSA) is 119 Å². The number of aryl methyl sites for hydroxylation is 1. The Morgan fingerprint density at radius 2 is 1.74 bits per heavy atom. The van der Waals surface area contributed by atoms with Crippen molar-refractivity contribution in [1.82, 2.24) is 4.72 Å². The third kappa shape index (κ3) is 5.83. The molecule has 1 aliphatic rings. The number of hydrogen-bond donors (Lipinski definition) is 2. The van der Waals surface area contributed by atoms with Gasteiger partial charge < -0.3 is 9.50 Å². The number of nitrogens with one attached hydrogen (secondary N) is 2. The molecule has 10 heteroatoms. The summed E-state index contributed by atoms with van der Waals surface area (Å²) in [5.41, 5.74) is 1.79. The molecule has 2 aromatic carbocycles. The van der Waals surface area contributed by atoms with Crippen molar-refractivity contribution < 1.29 is 25.8 Å². The van der Waals surface area contributed by atoms with Gasteiger partial charge in [-0.15, -0.1) is 0 Å². The first-order valence-electron chi connectivity index (χ1n) is 9.06. The van der Waals surface area contributed by atoms with E-state index in [1.54, 1.807) is 18.2 Å². The summed E-state index contributed by atoms with van der Waals surface area (Å²) in [6.07, 6.45) is 4.72. The highest BCUT2D eigenvalue weighted by Crippen LogP contribution is 2.23. The second kappa shape index (κ2) is 8.78. The molecule has 1 aliphatic carbocycles. The molecule has 0 saturated heterocycles. The van der Waals surface area contributed by atoms with Crippen LogP contribution in [0.5, 0.6) is 5.75 Å². The predicted octanol–water partition coefficient (Wildman–Crippen LogP) is 3.61. The summed E-state index contributed by atoms with van der Waals surface area (Å²) in [6, 6.07) is 10.7. The number of benzene rings is 2. The van der Waals surface area contributed by atoms with Crippen molar-refractivity contribution in [1.29, 1.82) is 0 Å². The third-order valence-corrected chi connectivity index (χ3v) is 6.83. The monoisotopic (exact) mass is 460 g/mol. The van der Waals surface area contributed by atoms with Gasteiger partial charge in [0.25, 0.3) is 10.0 Å². The standard InChI is InChI=1S/C21H20N2O6S2/c1-15-6-10-19(11-7-15)30(25,26)23-21(24)22-17-4-3-5-18(14-17)29-31(27,28)20-12-8-16(2)9-13-20/h3-6,8-14H,1,7H2,2H3,(H2,22,23,24). The van der Waals surface area contributed by atoms with Crippen LogP contribution in [-0.2, 0) is 20.1 Å². The molecule has 0 bridgehead atoms. The van der Waals surface area contributed by atoms with Crippen molar-refractivity contribution in [2.75, 3.05) is 5.32 Å². The average Bonchev–Trinajstić information content (AvgIpc) is 2.68. The molecule has 8 nitrogen and oxygen atoms in total. The van der Waals surface area contributed by atoms with Gasteiger partial charge in [0, 0.05) is 11.8 Å². The highest BCUT2D eigenvalue weighted by Gasteiger charge is 2.21. The quantitative estimate of drug-likeness (QED) is 0.636. The van der Waals surface area contributed by atoms with Gasteiger partial charge in [0.1, 0.15) is 10.6 Å². The second-order valence-electron chi connectivity index (χ2n) is 6.74. The van der Waals surface area contributed by atoms with Crippen LogP contribution < -0.4 is 14.2 Å². The van der Waals surface area contributed by atoms with Gasteiger partial charge in [0.05, 0.1) is 4.91 Å². The van der Waals surface area contributed by atoms with Crippen molar-refractivity contribution in [3.8, 4) is 5.75 Å². The van der Waals surface area contributed by atoms with E-state index in [0.29, 0.717) is 6.42 Å². The van der Waals surface area contributed by atoms with Crippen molar-refractivity contribution in [2.24, 2.45) is 0 Å². The Bertz CT molecular complexity index is 1290. The molecule has 0 heterocycles. The largest absolute Gasteiger partial charge is 0.379 e. The van der Waals surface area contributed by atoms with Gasteiger partial charge in [0.2, 0.25) is 0 Å². The lowest BCUT2D eigenvalue weighted by Gasteiger charge is -2.12. The summed E-state index contributed by atoms with van der Waals surface area (Å²) in [7, 11) is -8.13. The summed E-state index contributed by atoms with van der Waals surface area (Å²) in [6.45, 7) is 5.55. The molecule has 2 N–H and O–H groups in total. The zero-order valence-corrected chi connectivity index (χ0v) is 18.2. The first-order chi connectivity index (χ1) is 14.5. The maximum Gasteiger partial charge on any atom is 0.339 e. The van der Waals surface area contributed by atoms with Gasteiger partial charge in [-0.25, -0.2) is 17.9 Å². The number of rotatable bonds is 6. The van der Waals surface area contributed by atoms with E-state index in [9.17, 15) is 21.6 Å². The van der Waals surface area contributed by atoms with Gasteiger partial charge in [-0.2, -0.15) is 8.42 Å². The molecule has 0 radical (unpaired) electrons. The smallest absolute Gasteiger partial charge is 0.339 e. The Morgan fingerprint density at radius 3 is 2.39 bits per heavy atom. The summed E-state index contributed by atoms with van der Waals surface area (Å²) < 4.78 is 56.4. The molecule has 0 spiro atoms. The Balaban J connectivity index is 1.69.